The van der Waals surface area contributed by atoms with Crippen molar-refractivity contribution in [2.75, 3.05) is 12.3 Å². The van der Waals surface area contributed by atoms with E-state index in [9.17, 15) is 18.0 Å². The molecule has 4 rings (SSSR count). The van der Waals surface area contributed by atoms with E-state index in [4.69, 9.17) is 15.6 Å². The molecular formula is C21H19F3N4O3. The highest BCUT2D eigenvalue weighted by atomic mass is 19.4. The number of hydrogen-bond acceptors (Lipinski definition) is 4. The molecular weight excluding hydrogens is 413 g/mol. The number of nitrogens with one attached hydrogen (secondary N) is 2. The minimum atomic E-state index is -5.08. The number of alkyl halides is 3. The third-order valence-corrected chi connectivity index (χ3v) is 4.67. The van der Waals surface area contributed by atoms with Crippen LogP contribution in [0.3, 0.4) is 0 Å². The van der Waals surface area contributed by atoms with Crippen LogP contribution >= 0.6 is 0 Å². The number of carbonyl (C=O) groups excluding carboxylic acids is 1. The Morgan fingerprint density at radius 2 is 1.81 bits per heavy atom. The van der Waals surface area contributed by atoms with Gasteiger partial charge in [-0.3, -0.25) is 9.78 Å². The van der Waals surface area contributed by atoms with Gasteiger partial charge in [-0.2, -0.15) is 13.2 Å². The molecule has 31 heavy (non-hydrogen) atoms. The van der Waals surface area contributed by atoms with Crippen LogP contribution in [0.4, 0.5) is 18.9 Å². The maximum absolute atomic E-state index is 12.0. The van der Waals surface area contributed by atoms with Crippen molar-refractivity contribution in [1.82, 2.24) is 15.3 Å². The molecule has 1 aliphatic heterocycles. The van der Waals surface area contributed by atoms with E-state index in [0.717, 1.165) is 39.5 Å². The van der Waals surface area contributed by atoms with Crippen molar-refractivity contribution in [2.45, 2.75) is 19.0 Å². The predicted molar refractivity (Wildman–Crippen MR) is 108 cm³/mol. The highest BCUT2D eigenvalue weighted by Gasteiger charge is 2.38. The van der Waals surface area contributed by atoms with Gasteiger partial charge in [0.2, 0.25) is 0 Å². The average molecular weight is 432 g/mol. The Labute approximate surface area is 175 Å². The van der Waals surface area contributed by atoms with Gasteiger partial charge >= 0.3 is 12.1 Å². The smallest absolute Gasteiger partial charge is 0.475 e. The fraction of sp³-hybridized carbons (Fsp3) is 0.190. The monoisotopic (exact) mass is 432 g/mol. The van der Waals surface area contributed by atoms with E-state index in [0.29, 0.717) is 6.54 Å². The topological polar surface area (TPSA) is 121 Å². The van der Waals surface area contributed by atoms with Crippen LogP contribution < -0.4 is 11.1 Å². The molecule has 3 aromatic rings. The Balaban J connectivity index is 0.000000339. The predicted octanol–water partition coefficient (Wildman–Crippen LogP) is 3.81. The molecule has 3 heterocycles. The SMILES string of the molecule is CC1CNC(=O)c2cc(-c3ccnc(-c4ccc(N)cc4)c3)[nH]c21.O=C(O)C(F)(F)F. The molecule has 162 valence electrons. The van der Waals surface area contributed by atoms with Crippen molar-refractivity contribution in [1.29, 1.82) is 0 Å². The molecule has 0 aliphatic carbocycles. The van der Waals surface area contributed by atoms with Gasteiger partial charge in [-0.25, -0.2) is 4.79 Å². The molecule has 2 aromatic heterocycles. The number of H-pyrrole nitrogens is 1. The summed E-state index contributed by atoms with van der Waals surface area (Å²) in [7, 11) is 0. The van der Waals surface area contributed by atoms with Gasteiger partial charge in [-0.1, -0.05) is 19.1 Å². The van der Waals surface area contributed by atoms with E-state index >= 15 is 0 Å². The number of nitrogens with zero attached hydrogens (tertiary/aromatic N) is 1. The first-order valence-corrected chi connectivity index (χ1v) is 9.20. The van der Waals surface area contributed by atoms with Crippen LogP contribution in [0.2, 0.25) is 0 Å². The molecule has 0 bridgehead atoms. The first-order valence-electron chi connectivity index (χ1n) is 9.20. The molecule has 1 atom stereocenters. The lowest BCUT2D eigenvalue weighted by Crippen LogP contribution is -2.33. The zero-order valence-corrected chi connectivity index (χ0v) is 16.3. The Morgan fingerprint density at radius 3 is 2.39 bits per heavy atom. The van der Waals surface area contributed by atoms with Crippen molar-refractivity contribution < 1.29 is 27.9 Å². The summed E-state index contributed by atoms with van der Waals surface area (Å²) in [5.74, 6) is -2.49. The highest BCUT2D eigenvalue weighted by molar-refractivity contribution is 5.98. The fourth-order valence-electron chi connectivity index (χ4n) is 3.06. The summed E-state index contributed by atoms with van der Waals surface area (Å²) in [5.41, 5.74) is 12.0. The molecule has 7 nitrogen and oxygen atoms in total. The lowest BCUT2D eigenvalue weighted by Gasteiger charge is -2.18. The summed E-state index contributed by atoms with van der Waals surface area (Å²) in [6, 6.07) is 13.5. The zero-order valence-electron chi connectivity index (χ0n) is 16.3. The largest absolute Gasteiger partial charge is 0.490 e. The average Bonchev–Trinajstić information content (AvgIpc) is 3.18. The second kappa shape index (κ2) is 8.50. The minimum Gasteiger partial charge on any atom is -0.475 e. The minimum absolute atomic E-state index is 0.0154. The number of anilines is 1. The quantitative estimate of drug-likeness (QED) is 0.459. The van der Waals surface area contributed by atoms with E-state index in [1.807, 2.05) is 42.5 Å². The summed E-state index contributed by atoms with van der Waals surface area (Å²) in [4.78, 5) is 28.8. The van der Waals surface area contributed by atoms with Gasteiger partial charge in [0.25, 0.3) is 5.91 Å². The second-order valence-corrected chi connectivity index (χ2v) is 6.98. The number of aromatic amines is 1. The Kier molecular flexibility index (Phi) is 6.00. The Bertz CT molecular complexity index is 1110. The summed E-state index contributed by atoms with van der Waals surface area (Å²) in [6.07, 6.45) is -3.30. The van der Waals surface area contributed by atoms with Crippen molar-refractivity contribution in [3.05, 3.63) is 59.9 Å². The van der Waals surface area contributed by atoms with E-state index in [2.05, 4.69) is 22.2 Å². The van der Waals surface area contributed by atoms with Crippen LogP contribution in [0, 0.1) is 0 Å². The summed E-state index contributed by atoms with van der Waals surface area (Å²) >= 11 is 0. The number of amides is 1. The number of carboxylic acid groups (broad SMARTS) is 1. The van der Waals surface area contributed by atoms with Crippen LogP contribution in [0.15, 0.2) is 48.7 Å². The van der Waals surface area contributed by atoms with Crippen LogP contribution in [0.5, 0.6) is 0 Å². The molecule has 1 unspecified atom stereocenters. The molecule has 0 saturated carbocycles. The third kappa shape index (κ3) is 5.03. The van der Waals surface area contributed by atoms with Crippen molar-refractivity contribution >= 4 is 17.6 Å². The molecule has 5 N–H and O–H groups in total. The van der Waals surface area contributed by atoms with Gasteiger partial charge in [0, 0.05) is 46.9 Å². The summed E-state index contributed by atoms with van der Waals surface area (Å²) < 4.78 is 31.7. The van der Waals surface area contributed by atoms with Gasteiger partial charge in [-0.05, 0) is 30.3 Å². The Morgan fingerprint density at radius 1 is 1.16 bits per heavy atom. The van der Waals surface area contributed by atoms with E-state index in [1.54, 1.807) is 6.20 Å². The number of aromatic nitrogens is 2. The highest BCUT2D eigenvalue weighted by Crippen LogP contribution is 2.30. The summed E-state index contributed by atoms with van der Waals surface area (Å²) in [6.45, 7) is 2.77. The maximum Gasteiger partial charge on any atom is 0.490 e. The molecule has 1 amide bonds. The first kappa shape index (κ1) is 21.9. The molecule has 0 spiro atoms. The first-order chi connectivity index (χ1) is 14.6. The fourth-order valence-corrected chi connectivity index (χ4v) is 3.06. The Hall–Kier alpha value is -3.82. The number of carbonyl (C=O) groups is 2. The van der Waals surface area contributed by atoms with Crippen molar-refractivity contribution in [3.8, 4) is 22.5 Å². The number of rotatable bonds is 2. The zero-order chi connectivity index (χ0) is 22.8. The number of halogens is 3. The lowest BCUT2D eigenvalue weighted by molar-refractivity contribution is -0.192. The number of pyridine rings is 1. The van der Waals surface area contributed by atoms with Gasteiger partial charge in [0.15, 0.2) is 0 Å². The number of fused-ring (bicyclic) bond motifs is 1. The van der Waals surface area contributed by atoms with Crippen LogP contribution in [0.25, 0.3) is 22.5 Å². The summed E-state index contributed by atoms with van der Waals surface area (Å²) in [5, 5.41) is 10.0. The standard InChI is InChI=1S/C19H18N4O.C2HF3O2/c1-11-10-22-19(24)15-9-17(23-18(11)15)13-6-7-21-16(8-13)12-2-4-14(20)5-3-12;3-2(4,5)1(6)7/h2-9,11,23H,10,20H2,1H3,(H,22,24);(H,6,7). The van der Waals surface area contributed by atoms with E-state index < -0.39 is 12.1 Å². The number of aliphatic carboxylic acids is 1. The molecule has 0 saturated heterocycles. The van der Waals surface area contributed by atoms with Crippen LogP contribution in [0.1, 0.15) is 28.9 Å². The molecule has 0 radical (unpaired) electrons. The van der Waals surface area contributed by atoms with Crippen molar-refractivity contribution in [3.63, 3.8) is 0 Å². The van der Waals surface area contributed by atoms with Gasteiger partial charge in [0.1, 0.15) is 0 Å². The number of hydrogen-bond donors (Lipinski definition) is 4. The number of carboxylic acids is 1. The third-order valence-electron chi connectivity index (χ3n) is 4.67. The normalized spacial score (nSPS) is 15.4. The van der Waals surface area contributed by atoms with Gasteiger partial charge in [-0.15, -0.1) is 0 Å². The van der Waals surface area contributed by atoms with Crippen molar-refractivity contribution in [2.24, 2.45) is 0 Å². The number of nitrogen functional groups attached to an aromatic ring is 1. The molecule has 0 fully saturated rings. The lowest BCUT2D eigenvalue weighted by atomic mass is 9.99. The van der Waals surface area contributed by atoms with E-state index in [-0.39, 0.29) is 11.8 Å². The van der Waals surface area contributed by atoms with Gasteiger partial charge in [0.05, 0.1) is 11.3 Å². The van der Waals surface area contributed by atoms with Crippen LogP contribution in [-0.2, 0) is 4.79 Å². The van der Waals surface area contributed by atoms with E-state index in [1.165, 1.54) is 0 Å². The number of nitrogens with two attached hydrogens (primary N) is 1. The number of benzene rings is 1. The van der Waals surface area contributed by atoms with Crippen LogP contribution in [-0.4, -0.2) is 39.7 Å². The molecule has 1 aliphatic rings. The molecule has 10 heteroatoms. The maximum atomic E-state index is 12.0. The second-order valence-electron chi connectivity index (χ2n) is 6.98. The van der Waals surface area contributed by atoms with Gasteiger partial charge < -0.3 is 21.1 Å². The molecule has 1 aromatic carbocycles.